The monoisotopic (exact) mass is 447 g/mol. The van der Waals surface area contributed by atoms with Crippen LogP contribution in [0.5, 0.6) is 0 Å². The van der Waals surface area contributed by atoms with Crippen LogP contribution in [0.4, 0.5) is 4.39 Å². The Bertz CT molecular complexity index is 1050. The first-order valence-electron chi connectivity index (χ1n) is 9.17. The summed E-state index contributed by atoms with van der Waals surface area (Å²) < 4.78 is 24.4. The van der Waals surface area contributed by atoms with Gasteiger partial charge in [0.15, 0.2) is 0 Å². The Balaban J connectivity index is 1.93. The van der Waals surface area contributed by atoms with E-state index in [0.29, 0.717) is 23.4 Å². The molecule has 30 heavy (non-hydrogen) atoms. The van der Waals surface area contributed by atoms with Gasteiger partial charge in [0.05, 0.1) is 31.0 Å². The van der Waals surface area contributed by atoms with Crippen molar-refractivity contribution in [1.82, 2.24) is 4.98 Å². The number of carbonyl (C=O) groups excluding carboxylic acids is 1. The van der Waals surface area contributed by atoms with Crippen molar-refractivity contribution in [1.29, 1.82) is 0 Å². The fraction of sp³-hybridized carbons (Fsp3) is 0.217. The lowest BCUT2D eigenvalue weighted by Gasteiger charge is -2.27. The number of pyridine rings is 1. The van der Waals surface area contributed by atoms with Crippen LogP contribution in [0.2, 0.25) is 10.2 Å². The maximum absolute atomic E-state index is 13.5. The molecule has 156 valence electrons. The molecule has 4 nitrogen and oxygen atoms in total. The van der Waals surface area contributed by atoms with Gasteiger partial charge in [0, 0.05) is 5.56 Å². The molecule has 0 saturated carbocycles. The Labute approximate surface area is 184 Å². The van der Waals surface area contributed by atoms with Gasteiger partial charge in [-0.3, -0.25) is 4.79 Å². The standard InChI is InChI=1S/C23H20Cl2FNO3/c1-23(22(28)29-2,14-30-13-15-6-4-3-5-7-15)17-11-20(27-21(25)12-17)16-8-9-19(26)18(24)10-16/h3-12H,13-14H2,1-2H3. The van der Waals surface area contributed by atoms with Crippen molar-refractivity contribution in [3.63, 3.8) is 0 Å². The second kappa shape index (κ2) is 9.56. The van der Waals surface area contributed by atoms with Crippen LogP contribution >= 0.6 is 23.2 Å². The molecule has 0 aliphatic rings. The minimum Gasteiger partial charge on any atom is -0.468 e. The molecule has 0 saturated heterocycles. The zero-order chi connectivity index (χ0) is 21.7. The van der Waals surface area contributed by atoms with E-state index >= 15 is 0 Å². The van der Waals surface area contributed by atoms with Gasteiger partial charge in [-0.15, -0.1) is 0 Å². The third kappa shape index (κ3) is 4.98. The van der Waals surface area contributed by atoms with Gasteiger partial charge in [-0.05, 0) is 48.4 Å². The summed E-state index contributed by atoms with van der Waals surface area (Å²) >= 11 is 12.1. The zero-order valence-corrected chi connectivity index (χ0v) is 18.0. The lowest BCUT2D eigenvalue weighted by molar-refractivity contribution is -0.149. The van der Waals surface area contributed by atoms with Crippen LogP contribution in [-0.2, 0) is 26.3 Å². The molecule has 0 amide bonds. The van der Waals surface area contributed by atoms with Crippen molar-refractivity contribution in [2.24, 2.45) is 0 Å². The van der Waals surface area contributed by atoms with Crippen LogP contribution in [-0.4, -0.2) is 24.7 Å². The van der Waals surface area contributed by atoms with Crippen molar-refractivity contribution in [2.75, 3.05) is 13.7 Å². The van der Waals surface area contributed by atoms with Gasteiger partial charge in [-0.2, -0.15) is 0 Å². The van der Waals surface area contributed by atoms with Crippen molar-refractivity contribution in [2.45, 2.75) is 18.9 Å². The molecular formula is C23H20Cl2FNO3. The zero-order valence-electron chi connectivity index (χ0n) is 16.5. The highest BCUT2D eigenvalue weighted by atomic mass is 35.5. The maximum atomic E-state index is 13.5. The largest absolute Gasteiger partial charge is 0.468 e. The van der Waals surface area contributed by atoms with Crippen molar-refractivity contribution < 1.29 is 18.7 Å². The number of halogens is 3. The number of benzene rings is 2. The summed E-state index contributed by atoms with van der Waals surface area (Å²) in [4.78, 5) is 17.0. The van der Waals surface area contributed by atoms with E-state index in [2.05, 4.69) is 4.98 Å². The predicted molar refractivity (Wildman–Crippen MR) is 115 cm³/mol. The van der Waals surface area contributed by atoms with Crippen molar-refractivity contribution >= 4 is 29.2 Å². The molecule has 0 aliphatic heterocycles. The van der Waals surface area contributed by atoms with Gasteiger partial charge < -0.3 is 9.47 Å². The van der Waals surface area contributed by atoms with E-state index in [1.54, 1.807) is 25.1 Å². The van der Waals surface area contributed by atoms with Crippen molar-refractivity contribution in [3.8, 4) is 11.3 Å². The normalized spacial score (nSPS) is 13.0. The van der Waals surface area contributed by atoms with Gasteiger partial charge in [-0.1, -0.05) is 53.5 Å². The fourth-order valence-corrected chi connectivity index (χ4v) is 3.44. The third-order valence-corrected chi connectivity index (χ3v) is 5.27. The highest BCUT2D eigenvalue weighted by Gasteiger charge is 2.38. The summed E-state index contributed by atoms with van der Waals surface area (Å²) in [7, 11) is 1.32. The number of methoxy groups -OCH3 is 1. The Hall–Kier alpha value is -2.47. The second-order valence-electron chi connectivity index (χ2n) is 6.99. The number of esters is 1. The second-order valence-corrected chi connectivity index (χ2v) is 7.79. The van der Waals surface area contributed by atoms with Gasteiger partial charge in [0.2, 0.25) is 0 Å². The van der Waals surface area contributed by atoms with Gasteiger partial charge in [-0.25, -0.2) is 9.37 Å². The lowest BCUT2D eigenvalue weighted by atomic mass is 9.83. The molecule has 0 bridgehead atoms. The van der Waals surface area contributed by atoms with Crippen LogP contribution < -0.4 is 0 Å². The molecule has 1 aromatic heterocycles. The molecule has 2 aromatic carbocycles. The van der Waals surface area contributed by atoms with E-state index in [4.69, 9.17) is 32.7 Å². The van der Waals surface area contributed by atoms with E-state index in [0.717, 1.165) is 5.56 Å². The molecule has 1 heterocycles. The first-order valence-corrected chi connectivity index (χ1v) is 9.92. The summed E-state index contributed by atoms with van der Waals surface area (Å²) in [6.07, 6.45) is 0. The van der Waals surface area contributed by atoms with E-state index in [1.165, 1.54) is 19.2 Å². The Morgan fingerprint density at radius 1 is 1.10 bits per heavy atom. The number of nitrogens with zero attached hydrogens (tertiary/aromatic N) is 1. The quantitative estimate of drug-likeness (QED) is 0.337. The minimum absolute atomic E-state index is 0.0299. The topological polar surface area (TPSA) is 48.4 Å². The number of hydrogen-bond donors (Lipinski definition) is 0. The summed E-state index contributed by atoms with van der Waals surface area (Å²) in [6, 6.07) is 17.2. The van der Waals surface area contributed by atoms with Crippen LogP contribution in [0.3, 0.4) is 0 Å². The molecule has 0 fully saturated rings. The van der Waals surface area contributed by atoms with Crippen LogP contribution in [0.1, 0.15) is 18.1 Å². The predicted octanol–water partition coefficient (Wildman–Crippen LogP) is 5.84. The van der Waals surface area contributed by atoms with Crippen LogP contribution in [0.15, 0.2) is 60.7 Å². The molecule has 0 N–H and O–H groups in total. The van der Waals surface area contributed by atoms with E-state index in [1.807, 2.05) is 30.3 Å². The summed E-state index contributed by atoms with van der Waals surface area (Å²) in [5.41, 5.74) is 1.45. The number of hydrogen-bond acceptors (Lipinski definition) is 4. The molecule has 7 heteroatoms. The first kappa shape index (κ1) is 22.2. The van der Waals surface area contributed by atoms with E-state index < -0.39 is 17.2 Å². The maximum Gasteiger partial charge on any atom is 0.318 e. The molecule has 1 atom stereocenters. The molecule has 0 aliphatic carbocycles. The first-order chi connectivity index (χ1) is 14.3. The number of aromatic nitrogens is 1. The Kier molecular flexibility index (Phi) is 7.08. The summed E-state index contributed by atoms with van der Waals surface area (Å²) in [5.74, 6) is -1.00. The third-order valence-electron chi connectivity index (χ3n) is 4.78. The highest BCUT2D eigenvalue weighted by Crippen LogP contribution is 2.32. The molecule has 3 aromatic rings. The van der Waals surface area contributed by atoms with Crippen LogP contribution in [0, 0.1) is 5.82 Å². The summed E-state index contributed by atoms with van der Waals surface area (Å²) in [6.45, 7) is 2.13. The van der Waals surface area contributed by atoms with Gasteiger partial charge >= 0.3 is 5.97 Å². The highest BCUT2D eigenvalue weighted by molar-refractivity contribution is 6.31. The molecule has 0 radical (unpaired) electrons. The molecule has 3 rings (SSSR count). The summed E-state index contributed by atoms with van der Waals surface area (Å²) in [5, 5.41) is 0.152. The Morgan fingerprint density at radius 2 is 1.83 bits per heavy atom. The fourth-order valence-electron chi connectivity index (χ4n) is 3.05. The number of ether oxygens (including phenoxy) is 2. The molecular weight excluding hydrogens is 428 g/mol. The van der Waals surface area contributed by atoms with Gasteiger partial charge in [0.25, 0.3) is 0 Å². The minimum atomic E-state index is -1.13. The van der Waals surface area contributed by atoms with E-state index in [9.17, 15) is 9.18 Å². The van der Waals surface area contributed by atoms with Crippen molar-refractivity contribution in [3.05, 3.63) is 87.8 Å². The SMILES string of the molecule is COC(=O)C(C)(COCc1ccccc1)c1cc(Cl)nc(-c2ccc(F)c(Cl)c2)c1. The van der Waals surface area contributed by atoms with Gasteiger partial charge in [0.1, 0.15) is 16.4 Å². The van der Waals surface area contributed by atoms with E-state index in [-0.39, 0.29) is 16.8 Å². The molecule has 0 spiro atoms. The lowest BCUT2D eigenvalue weighted by Crippen LogP contribution is -2.38. The smallest absolute Gasteiger partial charge is 0.318 e. The number of rotatable bonds is 7. The Morgan fingerprint density at radius 3 is 2.50 bits per heavy atom. The van der Waals surface area contributed by atoms with Crippen LogP contribution in [0.25, 0.3) is 11.3 Å². The molecule has 1 unspecified atom stereocenters. The average molecular weight is 448 g/mol. The average Bonchev–Trinajstić information content (AvgIpc) is 2.75. The number of carbonyl (C=O) groups is 1.